The Bertz CT molecular complexity index is 94.9. The van der Waals surface area contributed by atoms with Gasteiger partial charge in [0.05, 0.1) is 0 Å². The second-order valence-electron chi connectivity index (χ2n) is 0.408. The van der Waals surface area contributed by atoms with Crippen LogP contribution in [0, 0.1) is 0 Å². The van der Waals surface area contributed by atoms with Crippen LogP contribution < -0.4 is 6.15 Å². The van der Waals surface area contributed by atoms with E-state index in [0.717, 1.165) is 0 Å². The van der Waals surface area contributed by atoms with E-state index >= 15 is 0 Å². The van der Waals surface area contributed by atoms with Crippen LogP contribution >= 0.6 is 0 Å². The van der Waals surface area contributed by atoms with E-state index in [1.54, 1.807) is 0 Å². The predicted octanol–water partition coefficient (Wildman–Crippen LogP) is -0.964. The van der Waals surface area contributed by atoms with Gasteiger partial charge in [0.2, 0.25) is 0 Å². The van der Waals surface area contributed by atoms with Gasteiger partial charge in [-0.25, -0.2) is 0 Å². The molecule has 0 saturated carbocycles. The van der Waals surface area contributed by atoms with Gasteiger partial charge in [0.25, 0.3) is 0 Å². The summed E-state index contributed by atoms with van der Waals surface area (Å²) in [4.78, 5) is 0. The van der Waals surface area contributed by atoms with E-state index in [4.69, 9.17) is 17.5 Å². The molecule has 4 N–H and O–H groups in total. The molecule has 0 aromatic carbocycles. The van der Waals surface area contributed by atoms with E-state index < -0.39 is 10.4 Å². The standard InChI is InChI=1S/Co.H3N.H2O4S/c;;1-5(2,3)4/h;1H3;(H2,1,2,3,4)/q+3;;/p-1. The summed E-state index contributed by atoms with van der Waals surface area (Å²) in [5.74, 6) is 0. The Hall–Kier alpha value is 0.336. The molecular weight excluding hydrogens is 169 g/mol. The SMILES string of the molecule is O=S(=O)([O-])[O-].[Co+3].[NH4+]. The molecule has 0 aliphatic rings. The Morgan fingerprint density at radius 3 is 1.14 bits per heavy atom. The van der Waals surface area contributed by atoms with Crippen molar-refractivity contribution < 1.29 is 34.3 Å². The molecular formula is H4CoNO4S+2. The molecule has 0 aromatic rings. The summed E-state index contributed by atoms with van der Waals surface area (Å²) >= 11 is 0. The minimum atomic E-state index is -5.17. The van der Waals surface area contributed by atoms with E-state index in [1.807, 2.05) is 0 Å². The number of rotatable bonds is 0. The summed E-state index contributed by atoms with van der Waals surface area (Å²) in [7, 11) is -5.17. The van der Waals surface area contributed by atoms with Crippen molar-refractivity contribution in [2.24, 2.45) is 0 Å². The zero-order chi connectivity index (χ0) is 4.50. The van der Waals surface area contributed by atoms with Crippen LogP contribution in [0.15, 0.2) is 0 Å². The second kappa shape index (κ2) is 4.49. The van der Waals surface area contributed by atoms with Crippen molar-refractivity contribution in [3.63, 3.8) is 0 Å². The molecule has 7 heavy (non-hydrogen) atoms. The Morgan fingerprint density at radius 2 is 1.14 bits per heavy atom. The first-order valence-corrected chi connectivity index (χ1v) is 2.00. The van der Waals surface area contributed by atoms with Crippen molar-refractivity contribution in [2.45, 2.75) is 0 Å². The van der Waals surface area contributed by atoms with Crippen LogP contribution in [0.2, 0.25) is 0 Å². The van der Waals surface area contributed by atoms with Gasteiger partial charge in [-0.3, -0.25) is 8.42 Å². The molecule has 0 saturated heterocycles. The van der Waals surface area contributed by atoms with Gasteiger partial charge >= 0.3 is 16.8 Å². The third-order valence-electron chi connectivity index (χ3n) is 0. The van der Waals surface area contributed by atoms with Gasteiger partial charge in [-0.1, -0.05) is 0 Å². The first-order valence-electron chi connectivity index (χ1n) is 0.667. The molecule has 0 atom stereocenters. The van der Waals surface area contributed by atoms with Crippen LogP contribution in [-0.2, 0) is 27.2 Å². The van der Waals surface area contributed by atoms with Gasteiger partial charge < -0.3 is 15.3 Å². The van der Waals surface area contributed by atoms with Crippen LogP contribution in [0.1, 0.15) is 0 Å². The summed E-state index contributed by atoms with van der Waals surface area (Å²) in [6.45, 7) is 0. The van der Waals surface area contributed by atoms with Crippen molar-refractivity contribution in [1.82, 2.24) is 6.15 Å². The zero-order valence-corrected chi connectivity index (χ0v) is 5.23. The summed E-state index contributed by atoms with van der Waals surface area (Å²) in [6, 6.07) is 0. The third kappa shape index (κ3) is 1050. The zero-order valence-electron chi connectivity index (χ0n) is 3.37. The number of hydrogen-bond donors (Lipinski definition) is 1. The molecule has 0 aliphatic heterocycles. The van der Waals surface area contributed by atoms with Crippen molar-refractivity contribution in [3.8, 4) is 0 Å². The van der Waals surface area contributed by atoms with Gasteiger partial charge in [-0.15, -0.1) is 0 Å². The van der Waals surface area contributed by atoms with Crippen molar-refractivity contribution in [2.75, 3.05) is 0 Å². The minimum Gasteiger partial charge on any atom is -0.759 e. The summed E-state index contributed by atoms with van der Waals surface area (Å²) in [5, 5.41) is 0. The van der Waals surface area contributed by atoms with Gasteiger partial charge in [-0.05, 0) is 0 Å². The molecule has 5 nitrogen and oxygen atoms in total. The molecule has 46 valence electrons. The molecule has 0 unspecified atom stereocenters. The smallest absolute Gasteiger partial charge is 0.759 e. The average molecular weight is 173 g/mol. The van der Waals surface area contributed by atoms with Crippen LogP contribution in [0.4, 0.5) is 0 Å². The van der Waals surface area contributed by atoms with Gasteiger partial charge in [0.1, 0.15) is 0 Å². The third-order valence-corrected chi connectivity index (χ3v) is 0. The molecule has 0 fully saturated rings. The molecule has 0 spiro atoms. The van der Waals surface area contributed by atoms with E-state index in [-0.39, 0.29) is 22.9 Å². The number of hydrogen-bond acceptors (Lipinski definition) is 4. The fourth-order valence-corrected chi connectivity index (χ4v) is 0. The van der Waals surface area contributed by atoms with Crippen molar-refractivity contribution >= 4 is 10.4 Å². The Labute approximate surface area is 51.5 Å². The Morgan fingerprint density at radius 1 is 1.14 bits per heavy atom. The van der Waals surface area contributed by atoms with E-state index in [0.29, 0.717) is 0 Å². The van der Waals surface area contributed by atoms with Gasteiger partial charge in [-0.2, -0.15) is 0 Å². The van der Waals surface area contributed by atoms with Crippen molar-refractivity contribution in [1.29, 1.82) is 0 Å². The second-order valence-corrected chi connectivity index (χ2v) is 1.22. The normalized spacial score (nSPS) is 8.29. The number of quaternary nitrogens is 1. The first kappa shape index (κ1) is 15.7. The van der Waals surface area contributed by atoms with Crippen LogP contribution in [0.3, 0.4) is 0 Å². The molecule has 0 rings (SSSR count). The Balaban J connectivity index is -0.0000000800. The first-order chi connectivity index (χ1) is 2.00. The molecule has 0 bridgehead atoms. The van der Waals surface area contributed by atoms with Crippen LogP contribution in [0.5, 0.6) is 0 Å². The monoisotopic (exact) mass is 173 g/mol. The molecule has 0 heterocycles. The Kier molecular flexibility index (Phi) is 10.1. The topological polar surface area (TPSA) is 117 Å². The van der Waals surface area contributed by atoms with Gasteiger partial charge in [0, 0.05) is 10.4 Å². The summed E-state index contributed by atoms with van der Waals surface area (Å²) in [6.07, 6.45) is 0. The van der Waals surface area contributed by atoms with E-state index in [1.165, 1.54) is 0 Å². The van der Waals surface area contributed by atoms with E-state index in [9.17, 15) is 0 Å². The minimum absolute atomic E-state index is 0. The van der Waals surface area contributed by atoms with E-state index in [2.05, 4.69) is 0 Å². The van der Waals surface area contributed by atoms with Crippen molar-refractivity contribution in [3.05, 3.63) is 0 Å². The largest absolute Gasteiger partial charge is 3.00 e. The maximum Gasteiger partial charge on any atom is 3.00 e. The molecule has 0 aromatic heterocycles. The predicted molar refractivity (Wildman–Crippen MR) is 16.5 cm³/mol. The fraction of sp³-hybridized carbons (Fsp3) is 0. The molecule has 0 aliphatic carbocycles. The molecule has 7 heteroatoms. The summed E-state index contributed by atoms with van der Waals surface area (Å²) in [5.41, 5.74) is 0. The maximum atomic E-state index is 8.52. The summed E-state index contributed by atoms with van der Waals surface area (Å²) < 4.78 is 34.1. The average Bonchev–Trinajstić information content (AvgIpc) is 0.722. The molecule has 0 amide bonds. The van der Waals surface area contributed by atoms with Gasteiger partial charge in [0.15, 0.2) is 0 Å². The van der Waals surface area contributed by atoms with Crippen LogP contribution in [0.25, 0.3) is 0 Å². The maximum absolute atomic E-state index is 8.52. The fourth-order valence-electron chi connectivity index (χ4n) is 0. The van der Waals surface area contributed by atoms with Crippen LogP contribution in [-0.4, -0.2) is 17.5 Å². The quantitative estimate of drug-likeness (QED) is 0.374. The molecule has 0 radical (unpaired) electrons.